The van der Waals surface area contributed by atoms with Gasteiger partial charge >= 0.3 is 5.97 Å². The Labute approximate surface area is 107 Å². The molecule has 6 heteroatoms. The number of carboxylic acid groups (broad SMARTS) is 1. The van der Waals surface area contributed by atoms with Crippen molar-refractivity contribution in [1.82, 2.24) is 10.1 Å². The third-order valence-electron chi connectivity index (χ3n) is 2.52. The molecule has 2 N–H and O–H groups in total. The van der Waals surface area contributed by atoms with Crippen LogP contribution in [0.25, 0.3) is 0 Å². The summed E-state index contributed by atoms with van der Waals surface area (Å²) in [4.78, 5) is 15.2. The van der Waals surface area contributed by atoms with Crippen LogP contribution in [0.4, 0.5) is 5.95 Å². The van der Waals surface area contributed by atoms with E-state index >= 15 is 0 Å². The number of nitrogens with zero attached hydrogens (tertiary/aromatic N) is 2. The standard InChI is InChI=1S/C12H21N3O3/c1-5-6-7-8(9(16)17)13-11-14-10(18-15-11)12(2,3)4/h8H,5-7H2,1-4H3,(H,13,15)(H,16,17)/t8-/m0/s1. The predicted octanol–water partition coefficient (Wildman–Crippen LogP) is 2.42. The second-order valence-electron chi connectivity index (χ2n) is 5.35. The van der Waals surface area contributed by atoms with Crippen LogP contribution in [-0.2, 0) is 10.2 Å². The highest BCUT2D eigenvalue weighted by atomic mass is 16.5. The second-order valence-corrected chi connectivity index (χ2v) is 5.35. The largest absolute Gasteiger partial charge is 0.480 e. The van der Waals surface area contributed by atoms with Gasteiger partial charge < -0.3 is 14.9 Å². The molecule has 1 aromatic rings. The SMILES string of the molecule is CCCC[C@H](Nc1noc(C(C)(C)C)n1)C(=O)O. The highest BCUT2D eigenvalue weighted by Crippen LogP contribution is 2.21. The van der Waals surface area contributed by atoms with E-state index in [1.54, 1.807) is 0 Å². The van der Waals surface area contributed by atoms with Gasteiger partial charge in [0, 0.05) is 5.41 Å². The molecule has 0 aliphatic heterocycles. The molecule has 102 valence electrons. The Morgan fingerprint density at radius 2 is 2.17 bits per heavy atom. The van der Waals surface area contributed by atoms with E-state index in [9.17, 15) is 4.79 Å². The zero-order chi connectivity index (χ0) is 13.8. The minimum absolute atomic E-state index is 0.239. The number of anilines is 1. The van der Waals surface area contributed by atoms with E-state index in [1.807, 2.05) is 27.7 Å². The topological polar surface area (TPSA) is 88.3 Å². The number of carbonyl (C=O) groups is 1. The predicted molar refractivity (Wildman–Crippen MR) is 67.6 cm³/mol. The van der Waals surface area contributed by atoms with Crippen molar-refractivity contribution in [2.24, 2.45) is 0 Å². The maximum Gasteiger partial charge on any atom is 0.326 e. The average Bonchev–Trinajstić information content (AvgIpc) is 2.71. The van der Waals surface area contributed by atoms with Crippen LogP contribution >= 0.6 is 0 Å². The van der Waals surface area contributed by atoms with Gasteiger partial charge in [0.1, 0.15) is 6.04 Å². The smallest absolute Gasteiger partial charge is 0.326 e. The third kappa shape index (κ3) is 4.01. The average molecular weight is 255 g/mol. The molecule has 1 atom stereocenters. The fourth-order valence-corrected chi connectivity index (χ4v) is 1.41. The molecule has 1 aromatic heterocycles. The molecule has 1 heterocycles. The van der Waals surface area contributed by atoms with Gasteiger partial charge in [-0.3, -0.25) is 0 Å². The number of carboxylic acids is 1. The summed E-state index contributed by atoms with van der Waals surface area (Å²) in [5.41, 5.74) is -0.241. The number of unbranched alkanes of at least 4 members (excludes halogenated alkanes) is 1. The van der Waals surface area contributed by atoms with Crippen molar-refractivity contribution in [3.63, 3.8) is 0 Å². The molecular weight excluding hydrogens is 234 g/mol. The summed E-state index contributed by atoms with van der Waals surface area (Å²) >= 11 is 0. The van der Waals surface area contributed by atoms with E-state index in [4.69, 9.17) is 9.63 Å². The lowest BCUT2D eigenvalue weighted by molar-refractivity contribution is -0.138. The minimum atomic E-state index is -0.898. The van der Waals surface area contributed by atoms with Crippen LogP contribution < -0.4 is 5.32 Å². The number of aliphatic carboxylic acids is 1. The van der Waals surface area contributed by atoms with Crippen molar-refractivity contribution in [3.05, 3.63) is 5.89 Å². The molecular formula is C12H21N3O3. The molecule has 0 aliphatic carbocycles. The van der Waals surface area contributed by atoms with Gasteiger partial charge in [-0.25, -0.2) is 4.79 Å². The van der Waals surface area contributed by atoms with E-state index in [0.717, 1.165) is 12.8 Å². The molecule has 0 saturated carbocycles. The van der Waals surface area contributed by atoms with Gasteiger partial charge in [-0.05, 0) is 11.6 Å². The first-order valence-corrected chi connectivity index (χ1v) is 6.18. The number of hydrogen-bond acceptors (Lipinski definition) is 5. The van der Waals surface area contributed by atoms with Gasteiger partial charge in [-0.15, -0.1) is 0 Å². The molecule has 0 unspecified atom stereocenters. The Morgan fingerprint density at radius 3 is 2.61 bits per heavy atom. The Kier molecular flexibility index (Phi) is 4.69. The molecule has 0 fully saturated rings. The molecule has 18 heavy (non-hydrogen) atoms. The van der Waals surface area contributed by atoms with Gasteiger partial charge in [-0.1, -0.05) is 40.5 Å². The summed E-state index contributed by atoms with van der Waals surface area (Å²) in [6.07, 6.45) is 2.34. The summed E-state index contributed by atoms with van der Waals surface area (Å²) in [6, 6.07) is -0.671. The molecule has 0 aromatic carbocycles. The minimum Gasteiger partial charge on any atom is -0.480 e. The quantitative estimate of drug-likeness (QED) is 0.811. The number of aromatic nitrogens is 2. The zero-order valence-corrected chi connectivity index (χ0v) is 11.4. The second kappa shape index (κ2) is 5.84. The van der Waals surface area contributed by atoms with Gasteiger partial charge in [0.05, 0.1) is 0 Å². The Hall–Kier alpha value is -1.59. The molecule has 0 spiro atoms. The van der Waals surface area contributed by atoms with Crippen molar-refractivity contribution in [2.75, 3.05) is 5.32 Å². The van der Waals surface area contributed by atoms with Gasteiger partial charge in [0.2, 0.25) is 5.89 Å². The van der Waals surface area contributed by atoms with Crippen LogP contribution in [0.2, 0.25) is 0 Å². The lowest BCUT2D eigenvalue weighted by Gasteiger charge is -2.12. The highest BCUT2D eigenvalue weighted by Gasteiger charge is 2.24. The monoisotopic (exact) mass is 255 g/mol. The number of hydrogen-bond donors (Lipinski definition) is 2. The van der Waals surface area contributed by atoms with Gasteiger partial charge in [0.25, 0.3) is 5.95 Å². The van der Waals surface area contributed by atoms with E-state index in [2.05, 4.69) is 15.5 Å². The lowest BCUT2D eigenvalue weighted by Crippen LogP contribution is -2.29. The van der Waals surface area contributed by atoms with Crippen molar-refractivity contribution in [3.8, 4) is 0 Å². The molecule has 0 aliphatic rings. The first-order valence-electron chi connectivity index (χ1n) is 6.18. The fourth-order valence-electron chi connectivity index (χ4n) is 1.41. The Bertz CT molecular complexity index is 396. The van der Waals surface area contributed by atoms with Gasteiger partial charge in [-0.2, -0.15) is 4.98 Å². The van der Waals surface area contributed by atoms with Crippen LogP contribution in [0.1, 0.15) is 52.8 Å². The maximum absolute atomic E-state index is 11.1. The van der Waals surface area contributed by atoms with Crippen molar-refractivity contribution >= 4 is 11.9 Å². The Morgan fingerprint density at radius 1 is 1.50 bits per heavy atom. The van der Waals surface area contributed by atoms with Gasteiger partial charge in [0.15, 0.2) is 0 Å². The van der Waals surface area contributed by atoms with Crippen LogP contribution in [-0.4, -0.2) is 27.3 Å². The van der Waals surface area contributed by atoms with E-state index in [-0.39, 0.29) is 11.4 Å². The van der Waals surface area contributed by atoms with E-state index < -0.39 is 12.0 Å². The fraction of sp³-hybridized carbons (Fsp3) is 0.750. The molecule has 6 nitrogen and oxygen atoms in total. The highest BCUT2D eigenvalue weighted by molar-refractivity contribution is 5.76. The zero-order valence-electron chi connectivity index (χ0n) is 11.4. The van der Waals surface area contributed by atoms with Crippen molar-refractivity contribution < 1.29 is 14.4 Å². The van der Waals surface area contributed by atoms with Crippen LogP contribution in [0.5, 0.6) is 0 Å². The Balaban J connectivity index is 2.69. The van der Waals surface area contributed by atoms with Crippen LogP contribution in [0.3, 0.4) is 0 Å². The summed E-state index contributed by atoms with van der Waals surface area (Å²) < 4.78 is 5.10. The number of rotatable bonds is 6. The molecule has 1 rings (SSSR count). The third-order valence-corrected chi connectivity index (χ3v) is 2.52. The molecule has 0 saturated heterocycles. The molecule has 0 radical (unpaired) electrons. The van der Waals surface area contributed by atoms with Crippen molar-refractivity contribution in [2.45, 2.75) is 58.4 Å². The summed E-state index contributed by atoms with van der Waals surface area (Å²) in [7, 11) is 0. The van der Waals surface area contributed by atoms with E-state index in [1.165, 1.54) is 0 Å². The number of nitrogens with one attached hydrogen (secondary N) is 1. The normalized spacial score (nSPS) is 13.3. The summed E-state index contributed by atoms with van der Waals surface area (Å²) in [5.74, 6) is -0.168. The molecule has 0 bridgehead atoms. The first kappa shape index (κ1) is 14.5. The van der Waals surface area contributed by atoms with Crippen LogP contribution in [0.15, 0.2) is 4.52 Å². The summed E-state index contributed by atoms with van der Waals surface area (Å²) in [5, 5.41) is 15.6. The first-order chi connectivity index (χ1) is 8.34. The molecule has 0 amide bonds. The van der Waals surface area contributed by atoms with E-state index in [0.29, 0.717) is 12.3 Å². The van der Waals surface area contributed by atoms with Crippen LogP contribution in [0, 0.1) is 0 Å². The maximum atomic E-state index is 11.1. The lowest BCUT2D eigenvalue weighted by atomic mass is 9.97. The summed E-state index contributed by atoms with van der Waals surface area (Å²) in [6.45, 7) is 7.88. The van der Waals surface area contributed by atoms with Crippen molar-refractivity contribution in [1.29, 1.82) is 0 Å².